The van der Waals surface area contributed by atoms with Gasteiger partial charge in [0, 0.05) is 48.7 Å². The van der Waals surface area contributed by atoms with E-state index in [2.05, 4.69) is 16.0 Å². The first-order valence-electron chi connectivity index (χ1n) is 8.40. The summed E-state index contributed by atoms with van der Waals surface area (Å²) in [7, 11) is 1.85. The molecule has 0 atom stereocenters. The lowest BCUT2D eigenvalue weighted by Gasteiger charge is -2.31. The Labute approximate surface area is 158 Å². The predicted molar refractivity (Wildman–Crippen MR) is 99.9 cm³/mol. The molecule has 25 heavy (non-hydrogen) atoms. The van der Waals surface area contributed by atoms with Gasteiger partial charge in [-0.2, -0.15) is 0 Å². The topological polar surface area (TPSA) is 73.5 Å². The Bertz CT molecular complexity index is 604. The third kappa shape index (κ3) is 6.06. The number of likely N-dealkylation sites (N-methyl/N-ethyl adjacent to an activating group) is 1. The van der Waals surface area contributed by atoms with Crippen LogP contribution >= 0.6 is 23.2 Å². The number of halogens is 2. The van der Waals surface area contributed by atoms with Crippen LogP contribution in [-0.2, 0) is 11.3 Å². The fraction of sp³-hybridized carbons (Fsp3) is 0.529. The van der Waals surface area contributed by atoms with Crippen molar-refractivity contribution in [1.29, 1.82) is 0 Å². The van der Waals surface area contributed by atoms with Gasteiger partial charge in [-0.1, -0.05) is 29.3 Å². The molecular formula is C17H24Cl2N4O2. The van der Waals surface area contributed by atoms with Crippen LogP contribution in [-0.4, -0.2) is 50.1 Å². The van der Waals surface area contributed by atoms with E-state index in [1.54, 1.807) is 23.1 Å². The molecule has 3 amide bonds. The van der Waals surface area contributed by atoms with Gasteiger partial charge in [0.25, 0.3) is 0 Å². The van der Waals surface area contributed by atoms with E-state index in [0.717, 1.165) is 12.1 Å². The molecule has 2 rings (SSSR count). The van der Waals surface area contributed by atoms with Crippen molar-refractivity contribution in [3.8, 4) is 0 Å². The van der Waals surface area contributed by atoms with E-state index in [0.29, 0.717) is 49.1 Å². The summed E-state index contributed by atoms with van der Waals surface area (Å²) in [6.45, 7) is 2.87. The van der Waals surface area contributed by atoms with Crippen LogP contribution in [0.1, 0.15) is 18.4 Å². The summed E-state index contributed by atoms with van der Waals surface area (Å²) < 4.78 is 0. The van der Waals surface area contributed by atoms with Crippen LogP contribution in [0.5, 0.6) is 0 Å². The van der Waals surface area contributed by atoms with E-state index in [1.807, 2.05) is 7.05 Å². The van der Waals surface area contributed by atoms with Gasteiger partial charge in [-0.3, -0.25) is 4.79 Å². The summed E-state index contributed by atoms with van der Waals surface area (Å²) >= 11 is 12.0. The van der Waals surface area contributed by atoms with Gasteiger partial charge >= 0.3 is 6.03 Å². The number of urea groups is 1. The van der Waals surface area contributed by atoms with Crippen molar-refractivity contribution < 1.29 is 9.59 Å². The molecule has 138 valence electrons. The van der Waals surface area contributed by atoms with Crippen molar-refractivity contribution >= 4 is 35.1 Å². The third-order valence-corrected chi connectivity index (χ3v) is 4.86. The standard InChI is InChI=1S/C17H24Cl2N4O2/c1-20-6-7-21-16(24)12-4-8-23(9-5-12)17(25)22-11-13-2-3-14(18)10-15(13)19/h2-3,10,12,20H,4-9,11H2,1H3,(H,21,24)(H,22,25). The highest BCUT2D eigenvalue weighted by Crippen LogP contribution is 2.21. The molecule has 1 heterocycles. The van der Waals surface area contributed by atoms with Gasteiger partial charge in [-0.25, -0.2) is 4.79 Å². The number of piperidine rings is 1. The molecule has 1 aliphatic heterocycles. The molecule has 1 fully saturated rings. The number of nitrogens with zero attached hydrogens (tertiary/aromatic N) is 1. The number of carbonyl (C=O) groups excluding carboxylic acids is 2. The molecule has 0 unspecified atom stereocenters. The van der Waals surface area contributed by atoms with Gasteiger partial charge in [0.2, 0.25) is 5.91 Å². The van der Waals surface area contributed by atoms with E-state index in [4.69, 9.17) is 23.2 Å². The molecule has 0 spiro atoms. The molecule has 6 nitrogen and oxygen atoms in total. The summed E-state index contributed by atoms with van der Waals surface area (Å²) in [4.78, 5) is 26.1. The zero-order valence-electron chi connectivity index (χ0n) is 14.3. The maximum atomic E-state index is 12.3. The predicted octanol–water partition coefficient (Wildman–Crippen LogP) is 2.25. The number of likely N-dealkylation sites (tertiary alicyclic amines) is 1. The summed E-state index contributed by atoms with van der Waals surface area (Å²) in [5, 5.41) is 9.86. The Morgan fingerprint density at radius 3 is 2.52 bits per heavy atom. The van der Waals surface area contributed by atoms with Crippen LogP contribution in [0.25, 0.3) is 0 Å². The molecule has 1 aromatic rings. The normalized spacial score (nSPS) is 15.1. The molecule has 1 aromatic carbocycles. The molecule has 8 heteroatoms. The number of amides is 3. The second kappa shape index (κ2) is 9.85. The minimum atomic E-state index is -0.139. The maximum Gasteiger partial charge on any atom is 0.317 e. The number of rotatable bonds is 6. The lowest BCUT2D eigenvalue weighted by Crippen LogP contribution is -2.47. The maximum absolute atomic E-state index is 12.3. The number of benzene rings is 1. The monoisotopic (exact) mass is 386 g/mol. The van der Waals surface area contributed by atoms with E-state index in [-0.39, 0.29) is 17.9 Å². The summed E-state index contributed by atoms with van der Waals surface area (Å²) in [6.07, 6.45) is 1.36. The molecule has 0 aromatic heterocycles. The Morgan fingerprint density at radius 2 is 1.88 bits per heavy atom. The van der Waals surface area contributed by atoms with Crippen molar-refractivity contribution in [3.05, 3.63) is 33.8 Å². The Kier molecular flexibility index (Phi) is 7.81. The van der Waals surface area contributed by atoms with Gasteiger partial charge < -0.3 is 20.9 Å². The SMILES string of the molecule is CNCCNC(=O)C1CCN(C(=O)NCc2ccc(Cl)cc2Cl)CC1. The average molecular weight is 387 g/mol. The van der Waals surface area contributed by atoms with Crippen LogP contribution in [0.4, 0.5) is 4.79 Å². The van der Waals surface area contributed by atoms with Crippen LogP contribution in [0.2, 0.25) is 10.0 Å². The first-order chi connectivity index (χ1) is 12.0. The molecule has 0 aliphatic carbocycles. The highest BCUT2D eigenvalue weighted by Gasteiger charge is 2.27. The first kappa shape index (κ1) is 19.8. The largest absolute Gasteiger partial charge is 0.355 e. The quantitative estimate of drug-likeness (QED) is 0.656. The van der Waals surface area contributed by atoms with E-state index < -0.39 is 0 Å². The Morgan fingerprint density at radius 1 is 1.16 bits per heavy atom. The molecule has 3 N–H and O–H groups in total. The van der Waals surface area contributed by atoms with Crippen molar-refractivity contribution in [2.75, 3.05) is 33.2 Å². The lowest BCUT2D eigenvalue weighted by molar-refractivity contribution is -0.126. The van der Waals surface area contributed by atoms with Gasteiger partial charge in [0.05, 0.1) is 0 Å². The summed E-state index contributed by atoms with van der Waals surface area (Å²) in [5.74, 6) is 0.0508. The van der Waals surface area contributed by atoms with E-state index in [1.165, 1.54) is 0 Å². The van der Waals surface area contributed by atoms with Crippen molar-refractivity contribution in [2.45, 2.75) is 19.4 Å². The third-order valence-electron chi connectivity index (χ3n) is 4.27. The van der Waals surface area contributed by atoms with Crippen molar-refractivity contribution in [3.63, 3.8) is 0 Å². The minimum absolute atomic E-state index is 0.0217. The van der Waals surface area contributed by atoms with E-state index >= 15 is 0 Å². The molecular weight excluding hydrogens is 363 g/mol. The molecule has 1 aliphatic rings. The van der Waals surface area contributed by atoms with Crippen LogP contribution in [0.15, 0.2) is 18.2 Å². The number of carbonyl (C=O) groups is 2. The van der Waals surface area contributed by atoms with Crippen LogP contribution in [0, 0.1) is 5.92 Å². The number of hydrogen-bond acceptors (Lipinski definition) is 3. The van der Waals surface area contributed by atoms with Crippen molar-refractivity contribution in [2.24, 2.45) is 5.92 Å². The van der Waals surface area contributed by atoms with E-state index in [9.17, 15) is 9.59 Å². The second-order valence-corrected chi connectivity index (χ2v) is 6.89. The van der Waals surface area contributed by atoms with Gasteiger partial charge in [0.15, 0.2) is 0 Å². The first-order valence-corrected chi connectivity index (χ1v) is 9.16. The van der Waals surface area contributed by atoms with Gasteiger partial charge in [0.1, 0.15) is 0 Å². The minimum Gasteiger partial charge on any atom is -0.355 e. The van der Waals surface area contributed by atoms with Gasteiger partial charge in [-0.15, -0.1) is 0 Å². The molecule has 0 radical (unpaired) electrons. The zero-order chi connectivity index (χ0) is 18.2. The fourth-order valence-electron chi connectivity index (χ4n) is 2.75. The summed E-state index contributed by atoms with van der Waals surface area (Å²) in [5.41, 5.74) is 0.818. The van der Waals surface area contributed by atoms with Crippen LogP contribution < -0.4 is 16.0 Å². The smallest absolute Gasteiger partial charge is 0.317 e. The average Bonchev–Trinajstić information content (AvgIpc) is 2.61. The fourth-order valence-corrected chi connectivity index (χ4v) is 3.22. The second-order valence-electron chi connectivity index (χ2n) is 6.05. The molecule has 0 bridgehead atoms. The Hall–Kier alpha value is -1.50. The zero-order valence-corrected chi connectivity index (χ0v) is 15.8. The van der Waals surface area contributed by atoms with Crippen molar-refractivity contribution in [1.82, 2.24) is 20.9 Å². The lowest BCUT2D eigenvalue weighted by atomic mass is 9.96. The van der Waals surface area contributed by atoms with Crippen LogP contribution in [0.3, 0.4) is 0 Å². The Balaban J connectivity index is 1.74. The summed E-state index contributed by atoms with van der Waals surface area (Å²) in [6, 6.07) is 5.06. The highest BCUT2D eigenvalue weighted by atomic mass is 35.5. The number of hydrogen-bond donors (Lipinski definition) is 3. The number of nitrogens with one attached hydrogen (secondary N) is 3. The molecule has 1 saturated heterocycles. The molecule has 0 saturated carbocycles. The van der Waals surface area contributed by atoms with Gasteiger partial charge in [-0.05, 0) is 37.6 Å². The highest BCUT2D eigenvalue weighted by molar-refractivity contribution is 6.35.